The molecule has 1 aliphatic rings. The van der Waals surface area contributed by atoms with Crippen molar-refractivity contribution in [2.24, 2.45) is 5.92 Å². The molecule has 2 heterocycles. The largest absolute Gasteiger partial charge is 0.346 e. The summed E-state index contributed by atoms with van der Waals surface area (Å²) in [5.41, 5.74) is 0. The molecule has 1 aromatic rings. The van der Waals surface area contributed by atoms with Gasteiger partial charge in [0, 0.05) is 13.1 Å². The first-order chi connectivity index (χ1) is 6.25. The van der Waals surface area contributed by atoms with E-state index >= 15 is 0 Å². The summed E-state index contributed by atoms with van der Waals surface area (Å²) in [4.78, 5) is 2.33. The van der Waals surface area contributed by atoms with E-state index in [1.807, 2.05) is 0 Å². The molecule has 1 saturated heterocycles. The normalized spacial score (nSPS) is 23.5. The number of hydrogen-bond acceptors (Lipinski definition) is 4. The first-order valence-corrected chi connectivity index (χ1v) is 6.10. The van der Waals surface area contributed by atoms with Crippen molar-refractivity contribution in [2.75, 3.05) is 18.0 Å². The summed E-state index contributed by atoms with van der Waals surface area (Å²) < 4.78 is 0.876. The average molecular weight is 262 g/mol. The van der Waals surface area contributed by atoms with Crippen molar-refractivity contribution in [3.8, 4) is 0 Å². The van der Waals surface area contributed by atoms with Crippen molar-refractivity contribution >= 4 is 32.4 Å². The van der Waals surface area contributed by atoms with E-state index in [0.29, 0.717) is 0 Å². The van der Waals surface area contributed by atoms with E-state index in [0.717, 1.165) is 28.1 Å². The topological polar surface area (TPSA) is 29.0 Å². The fourth-order valence-electron chi connectivity index (χ4n) is 1.69. The van der Waals surface area contributed by atoms with Crippen LogP contribution in [-0.2, 0) is 0 Å². The highest BCUT2D eigenvalue weighted by Crippen LogP contribution is 2.27. The molecule has 0 N–H and O–H groups in total. The molecule has 1 aliphatic heterocycles. The van der Waals surface area contributed by atoms with Gasteiger partial charge in [0.25, 0.3) is 0 Å². The molecule has 0 spiro atoms. The monoisotopic (exact) mass is 261 g/mol. The summed E-state index contributed by atoms with van der Waals surface area (Å²) >= 11 is 4.95. The van der Waals surface area contributed by atoms with Gasteiger partial charge in [0.15, 0.2) is 3.92 Å². The summed E-state index contributed by atoms with van der Waals surface area (Å²) in [6.07, 6.45) is 2.62. The molecule has 0 aromatic carbocycles. The number of halogens is 1. The highest BCUT2D eigenvalue weighted by molar-refractivity contribution is 9.11. The minimum Gasteiger partial charge on any atom is -0.346 e. The van der Waals surface area contributed by atoms with Gasteiger partial charge in [-0.25, -0.2) is 0 Å². The van der Waals surface area contributed by atoms with E-state index in [9.17, 15) is 0 Å². The Labute approximate surface area is 90.3 Å². The van der Waals surface area contributed by atoms with Gasteiger partial charge in [0.1, 0.15) is 0 Å². The lowest BCUT2D eigenvalue weighted by Crippen LogP contribution is -2.34. The van der Waals surface area contributed by atoms with Crippen LogP contribution in [0.25, 0.3) is 0 Å². The minimum atomic E-state index is 0.788. The number of nitrogens with zero attached hydrogens (tertiary/aromatic N) is 3. The summed E-state index contributed by atoms with van der Waals surface area (Å²) in [5, 5.41) is 9.14. The van der Waals surface area contributed by atoms with E-state index in [1.165, 1.54) is 12.8 Å². The van der Waals surface area contributed by atoms with Crippen molar-refractivity contribution in [3.63, 3.8) is 0 Å². The third-order valence-electron chi connectivity index (χ3n) is 2.32. The summed E-state index contributed by atoms with van der Waals surface area (Å²) in [6, 6.07) is 0. The molecule has 0 radical (unpaired) electrons. The molecule has 0 bridgehead atoms. The third kappa shape index (κ3) is 2.20. The summed E-state index contributed by atoms with van der Waals surface area (Å²) in [5.74, 6) is 0.788. The standard InChI is InChI=1S/C8H12BrN3S/c1-6-3-2-4-12(5-6)8-11-10-7(9)13-8/h6H,2-5H2,1H3. The highest BCUT2D eigenvalue weighted by atomic mass is 79.9. The van der Waals surface area contributed by atoms with Crippen LogP contribution in [0, 0.1) is 5.92 Å². The van der Waals surface area contributed by atoms with Gasteiger partial charge in [-0.1, -0.05) is 18.3 Å². The molecule has 1 atom stereocenters. The van der Waals surface area contributed by atoms with E-state index in [-0.39, 0.29) is 0 Å². The zero-order chi connectivity index (χ0) is 9.26. The summed E-state index contributed by atoms with van der Waals surface area (Å²) in [6.45, 7) is 4.55. The Bertz CT molecular complexity index is 289. The average Bonchev–Trinajstić information content (AvgIpc) is 2.52. The molecule has 0 aliphatic carbocycles. The second-order valence-corrected chi connectivity index (χ2v) is 5.76. The first-order valence-electron chi connectivity index (χ1n) is 4.49. The summed E-state index contributed by atoms with van der Waals surface area (Å²) in [7, 11) is 0. The van der Waals surface area contributed by atoms with Gasteiger partial charge in [-0.2, -0.15) is 0 Å². The molecule has 5 heteroatoms. The van der Waals surface area contributed by atoms with Gasteiger partial charge in [0.2, 0.25) is 5.13 Å². The Morgan fingerprint density at radius 3 is 3.00 bits per heavy atom. The second kappa shape index (κ2) is 3.92. The smallest absolute Gasteiger partial charge is 0.209 e. The number of hydrogen-bond donors (Lipinski definition) is 0. The van der Waals surface area contributed by atoms with Crippen LogP contribution in [0.15, 0.2) is 3.92 Å². The Kier molecular flexibility index (Phi) is 2.83. The van der Waals surface area contributed by atoms with Crippen LogP contribution in [0.4, 0.5) is 5.13 Å². The molecule has 0 saturated carbocycles. The van der Waals surface area contributed by atoms with Crippen LogP contribution in [0.1, 0.15) is 19.8 Å². The number of anilines is 1. The van der Waals surface area contributed by atoms with Crippen molar-refractivity contribution in [3.05, 3.63) is 3.92 Å². The van der Waals surface area contributed by atoms with Crippen molar-refractivity contribution in [1.29, 1.82) is 0 Å². The van der Waals surface area contributed by atoms with E-state index in [4.69, 9.17) is 0 Å². The van der Waals surface area contributed by atoms with Gasteiger partial charge in [-0.15, -0.1) is 10.2 Å². The zero-order valence-electron chi connectivity index (χ0n) is 7.53. The van der Waals surface area contributed by atoms with Crippen LogP contribution in [0.3, 0.4) is 0 Å². The lowest BCUT2D eigenvalue weighted by molar-refractivity contribution is 0.446. The Morgan fingerprint density at radius 1 is 1.54 bits per heavy atom. The molecule has 2 rings (SSSR count). The molecule has 3 nitrogen and oxygen atoms in total. The number of rotatable bonds is 1. The lowest BCUT2D eigenvalue weighted by Gasteiger charge is -2.29. The SMILES string of the molecule is CC1CCCN(c2nnc(Br)s2)C1. The van der Waals surface area contributed by atoms with E-state index < -0.39 is 0 Å². The maximum absolute atomic E-state index is 4.12. The van der Waals surface area contributed by atoms with Crippen molar-refractivity contribution in [1.82, 2.24) is 10.2 Å². The number of piperidine rings is 1. The van der Waals surface area contributed by atoms with Gasteiger partial charge < -0.3 is 4.90 Å². The maximum atomic E-state index is 4.12. The molecule has 1 fully saturated rings. The zero-order valence-corrected chi connectivity index (χ0v) is 9.94. The van der Waals surface area contributed by atoms with Crippen LogP contribution >= 0.6 is 27.3 Å². The predicted molar refractivity (Wildman–Crippen MR) is 58.2 cm³/mol. The fraction of sp³-hybridized carbons (Fsp3) is 0.750. The van der Waals surface area contributed by atoms with Crippen molar-refractivity contribution < 1.29 is 0 Å². The predicted octanol–water partition coefficient (Wildman–Crippen LogP) is 2.54. The quantitative estimate of drug-likeness (QED) is 0.778. The molecular formula is C8H12BrN3S. The number of aromatic nitrogens is 2. The van der Waals surface area contributed by atoms with E-state index in [2.05, 4.69) is 38.0 Å². The highest BCUT2D eigenvalue weighted by Gasteiger charge is 2.19. The van der Waals surface area contributed by atoms with Gasteiger partial charge in [-0.05, 0) is 34.7 Å². The van der Waals surface area contributed by atoms with Gasteiger partial charge >= 0.3 is 0 Å². The molecule has 1 aromatic heterocycles. The molecule has 1 unspecified atom stereocenters. The molecular weight excluding hydrogens is 250 g/mol. The van der Waals surface area contributed by atoms with Crippen LogP contribution in [0.5, 0.6) is 0 Å². The van der Waals surface area contributed by atoms with Gasteiger partial charge in [-0.3, -0.25) is 0 Å². The molecule has 0 amide bonds. The van der Waals surface area contributed by atoms with E-state index in [1.54, 1.807) is 11.3 Å². The first kappa shape index (κ1) is 9.40. The Morgan fingerprint density at radius 2 is 2.38 bits per heavy atom. The van der Waals surface area contributed by atoms with Crippen LogP contribution < -0.4 is 4.90 Å². The van der Waals surface area contributed by atoms with Crippen molar-refractivity contribution in [2.45, 2.75) is 19.8 Å². The lowest BCUT2D eigenvalue weighted by atomic mass is 10.0. The molecule has 13 heavy (non-hydrogen) atoms. The van der Waals surface area contributed by atoms with Gasteiger partial charge in [0.05, 0.1) is 0 Å². The van der Waals surface area contributed by atoms with Crippen LogP contribution in [-0.4, -0.2) is 23.3 Å². The fourth-order valence-corrected chi connectivity index (χ4v) is 2.81. The van der Waals surface area contributed by atoms with Crippen LogP contribution in [0.2, 0.25) is 0 Å². The molecule has 72 valence electrons. The maximum Gasteiger partial charge on any atom is 0.209 e. The minimum absolute atomic E-state index is 0.788. The second-order valence-electron chi connectivity index (χ2n) is 3.53. The third-order valence-corrected chi connectivity index (χ3v) is 3.73. The Hall–Kier alpha value is -0.160. The Balaban J connectivity index is 2.08.